The van der Waals surface area contributed by atoms with Gasteiger partial charge in [0.25, 0.3) is 5.91 Å². The molecule has 0 aliphatic heterocycles. The Morgan fingerprint density at radius 2 is 1.79 bits per heavy atom. The lowest BCUT2D eigenvalue weighted by molar-refractivity contribution is -0.120. The number of carbonyl (C=O) groups is 2. The molecule has 0 spiro atoms. The van der Waals surface area contributed by atoms with Gasteiger partial charge in [0, 0.05) is 29.3 Å². The van der Waals surface area contributed by atoms with Crippen molar-refractivity contribution in [2.45, 2.75) is 13.0 Å². The summed E-state index contributed by atoms with van der Waals surface area (Å²) in [6.07, 6.45) is 3.65. The minimum absolute atomic E-state index is 0.0417. The predicted octanol–water partition coefficient (Wildman–Crippen LogP) is 3.87. The fraction of sp³-hybridized carbons (Fsp3) is 0.0909. The Morgan fingerprint density at radius 3 is 2.57 bits per heavy atom. The number of para-hydroxylation sites is 1. The van der Waals surface area contributed by atoms with Crippen LogP contribution in [0.2, 0.25) is 0 Å². The molecule has 0 atom stereocenters. The van der Waals surface area contributed by atoms with Crippen molar-refractivity contribution >= 4 is 28.4 Å². The number of aromatic amines is 1. The van der Waals surface area contributed by atoms with E-state index in [0.717, 1.165) is 22.0 Å². The van der Waals surface area contributed by atoms with Gasteiger partial charge in [0.1, 0.15) is 0 Å². The first-order chi connectivity index (χ1) is 13.7. The van der Waals surface area contributed by atoms with E-state index in [1.54, 1.807) is 24.3 Å². The fourth-order valence-corrected chi connectivity index (χ4v) is 3.02. The third kappa shape index (κ3) is 3.96. The molecule has 2 heterocycles. The summed E-state index contributed by atoms with van der Waals surface area (Å²) in [5, 5.41) is 6.75. The summed E-state index contributed by atoms with van der Waals surface area (Å²) in [5.41, 5.74) is 3.61. The van der Waals surface area contributed by atoms with Gasteiger partial charge in [0.15, 0.2) is 5.76 Å². The van der Waals surface area contributed by atoms with Gasteiger partial charge in [-0.25, -0.2) is 0 Å². The van der Waals surface area contributed by atoms with Gasteiger partial charge in [-0.2, -0.15) is 0 Å². The highest BCUT2D eigenvalue weighted by atomic mass is 16.3. The van der Waals surface area contributed by atoms with Crippen molar-refractivity contribution in [2.24, 2.45) is 0 Å². The highest BCUT2D eigenvalue weighted by Crippen LogP contribution is 2.18. The molecule has 0 saturated carbocycles. The van der Waals surface area contributed by atoms with Gasteiger partial charge >= 0.3 is 0 Å². The van der Waals surface area contributed by atoms with E-state index in [9.17, 15) is 9.59 Å². The summed E-state index contributed by atoms with van der Waals surface area (Å²) in [6.45, 7) is 0.424. The Bertz CT molecular complexity index is 1100. The average Bonchev–Trinajstić information content (AvgIpc) is 3.38. The Balaban J connectivity index is 1.31. The molecule has 0 unspecified atom stereocenters. The van der Waals surface area contributed by atoms with Crippen LogP contribution in [-0.4, -0.2) is 16.8 Å². The van der Waals surface area contributed by atoms with Crippen LogP contribution < -0.4 is 10.6 Å². The largest absolute Gasteiger partial charge is 0.459 e. The first-order valence-electron chi connectivity index (χ1n) is 8.94. The zero-order valence-corrected chi connectivity index (χ0v) is 15.1. The van der Waals surface area contributed by atoms with E-state index in [1.165, 1.54) is 6.26 Å². The van der Waals surface area contributed by atoms with Gasteiger partial charge in [-0.3, -0.25) is 9.59 Å². The standard InChI is InChI=1S/C22H19N3O3/c26-21(12-16-14-23-19-5-2-1-4-18(16)19)24-13-15-7-9-17(10-8-15)25-22(27)20-6-3-11-28-20/h1-11,14,23H,12-13H2,(H,24,26)(H,25,27). The van der Waals surface area contributed by atoms with Crippen LogP contribution in [0, 0.1) is 0 Å². The lowest BCUT2D eigenvalue weighted by Crippen LogP contribution is -2.24. The lowest BCUT2D eigenvalue weighted by Gasteiger charge is -2.07. The van der Waals surface area contributed by atoms with Crippen molar-refractivity contribution in [1.82, 2.24) is 10.3 Å². The van der Waals surface area contributed by atoms with Crippen molar-refractivity contribution in [3.63, 3.8) is 0 Å². The number of fused-ring (bicyclic) bond motifs is 1. The zero-order valence-electron chi connectivity index (χ0n) is 15.1. The molecule has 3 N–H and O–H groups in total. The molecule has 140 valence electrons. The summed E-state index contributed by atoms with van der Waals surface area (Å²) in [7, 11) is 0. The maximum Gasteiger partial charge on any atom is 0.291 e. The van der Waals surface area contributed by atoms with Crippen LogP contribution in [0.1, 0.15) is 21.7 Å². The third-order valence-corrected chi connectivity index (χ3v) is 4.47. The molecule has 0 fully saturated rings. The second-order valence-corrected chi connectivity index (χ2v) is 6.44. The Morgan fingerprint density at radius 1 is 0.964 bits per heavy atom. The summed E-state index contributed by atoms with van der Waals surface area (Å²) >= 11 is 0. The molecule has 2 aromatic carbocycles. The lowest BCUT2D eigenvalue weighted by atomic mass is 10.1. The van der Waals surface area contributed by atoms with Gasteiger partial charge in [-0.1, -0.05) is 30.3 Å². The molecule has 2 amide bonds. The normalized spacial score (nSPS) is 10.7. The minimum atomic E-state index is -0.301. The van der Waals surface area contributed by atoms with E-state index in [0.29, 0.717) is 18.7 Å². The quantitative estimate of drug-likeness (QED) is 0.479. The molecule has 0 radical (unpaired) electrons. The molecule has 0 saturated heterocycles. The van der Waals surface area contributed by atoms with Gasteiger partial charge in [0.05, 0.1) is 12.7 Å². The number of rotatable bonds is 6. The van der Waals surface area contributed by atoms with Crippen LogP contribution in [-0.2, 0) is 17.8 Å². The average molecular weight is 373 g/mol. The molecular formula is C22H19N3O3. The van der Waals surface area contributed by atoms with Crippen LogP contribution in [0.25, 0.3) is 10.9 Å². The topological polar surface area (TPSA) is 87.1 Å². The second-order valence-electron chi connectivity index (χ2n) is 6.44. The minimum Gasteiger partial charge on any atom is -0.459 e. The van der Waals surface area contributed by atoms with Crippen molar-refractivity contribution in [2.75, 3.05) is 5.32 Å². The highest BCUT2D eigenvalue weighted by Gasteiger charge is 2.10. The number of anilines is 1. The maximum atomic E-state index is 12.3. The molecule has 0 aliphatic carbocycles. The van der Waals surface area contributed by atoms with Gasteiger partial charge in [0.2, 0.25) is 5.91 Å². The molecular weight excluding hydrogens is 354 g/mol. The molecule has 6 heteroatoms. The van der Waals surface area contributed by atoms with Crippen molar-refractivity contribution < 1.29 is 14.0 Å². The van der Waals surface area contributed by atoms with E-state index in [2.05, 4.69) is 15.6 Å². The Kier molecular flexibility index (Phi) is 4.93. The maximum absolute atomic E-state index is 12.3. The summed E-state index contributed by atoms with van der Waals surface area (Å²) in [6, 6.07) is 18.5. The number of hydrogen-bond donors (Lipinski definition) is 3. The van der Waals surface area contributed by atoms with Crippen LogP contribution in [0.5, 0.6) is 0 Å². The number of amides is 2. The van der Waals surface area contributed by atoms with Crippen LogP contribution in [0.15, 0.2) is 77.5 Å². The third-order valence-electron chi connectivity index (χ3n) is 4.47. The molecule has 28 heavy (non-hydrogen) atoms. The first kappa shape index (κ1) is 17.6. The number of aromatic nitrogens is 1. The van der Waals surface area contributed by atoms with Crippen LogP contribution in [0.4, 0.5) is 5.69 Å². The van der Waals surface area contributed by atoms with Gasteiger partial charge in [-0.05, 0) is 41.5 Å². The second kappa shape index (κ2) is 7.84. The molecule has 4 aromatic rings. The zero-order chi connectivity index (χ0) is 19.3. The summed E-state index contributed by atoms with van der Waals surface area (Å²) in [5.74, 6) is -0.0849. The molecule has 6 nitrogen and oxygen atoms in total. The Hall–Kier alpha value is -3.80. The Labute approximate surface area is 161 Å². The monoisotopic (exact) mass is 373 g/mol. The highest BCUT2D eigenvalue weighted by molar-refractivity contribution is 6.02. The number of hydrogen-bond acceptors (Lipinski definition) is 3. The molecule has 2 aromatic heterocycles. The summed E-state index contributed by atoms with van der Waals surface area (Å²) < 4.78 is 5.06. The molecule has 4 rings (SSSR count). The number of H-pyrrole nitrogens is 1. The number of nitrogens with one attached hydrogen (secondary N) is 3. The predicted molar refractivity (Wildman–Crippen MR) is 107 cm³/mol. The molecule has 0 aliphatic rings. The number of furan rings is 1. The van der Waals surface area contributed by atoms with Crippen LogP contribution in [0.3, 0.4) is 0 Å². The van der Waals surface area contributed by atoms with E-state index in [4.69, 9.17) is 4.42 Å². The van der Waals surface area contributed by atoms with E-state index < -0.39 is 0 Å². The van der Waals surface area contributed by atoms with E-state index >= 15 is 0 Å². The summed E-state index contributed by atoms with van der Waals surface area (Å²) in [4.78, 5) is 27.4. The first-order valence-corrected chi connectivity index (χ1v) is 8.94. The number of benzene rings is 2. The fourth-order valence-electron chi connectivity index (χ4n) is 3.02. The smallest absolute Gasteiger partial charge is 0.291 e. The van der Waals surface area contributed by atoms with Crippen molar-refractivity contribution in [3.05, 3.63) is 90.0 Å². The van der Waals surface area contributed by atoms with Gasteiger partial charge < -0.3 is 20.0 Å². The number of carbonyl (C=O) groups excluding carboxylic acids is 2. The van der Waals surface area contributed by atoms with Crippen LogP contribution >= 0.6 is 0 Å². The van der Waals surface area contributed by atoms with Gasteiger partial charge in [-0.15, -0.1) is 0 Å². The molecule has 0 bridgehead atoms. The van der Waals surface area contributed by atoms with E-state index in [1.807, 2.05) is 42.6 Å². The van der Waals surface area contributed by atoms with E-state index in [-0.39, 0.29) is 17.6 Å². The van der Waals surface area contributed by atoms with Crippen molar-refractivity contribution in [1.29, 1.82) is 0 Å². The van der Waals surface area contributed by atoms with Crippen molar-refractivity contribution in [3.8, 4) is 0 Å². The SMILES string of the molecule is O=C(Cc1c[nH]c2ccccc12)NCc1ccc(NC(=O)c2ccco2)cc1.